The maximum atomic E-state index is 9.66. The minimum atomic E-state index is -2.87. The van der Waals surface area contributed by atoms with Crippen LogP contribution in [0.4, 0.5) is 0 Å². The third-order valence-electron chi connectivity index (χ3n) is 9.83. The summed E-state index contributed by atoms with van der Waals surface area (Å²) in [6.45, 7) is 5.43. The Morgan fingerprint density at radius 1 is 0.435 bits per heavy atom. The zero-order valence-electron chi connectivity index (χ0n) is 40.1. The quantitative estimate of drug-likeness (QED) is 0.0528. The van der Waals surface area contributed by atoms with Gasteiger partial charge in [-0.05, 0) is 25.7 Å². The van der Waals surface area contributed by atoms with E-state index < -0.39 is 41.3 Å². The van der Waals surface area contributed by atoms with E-state index >= 15 is 0 Å². The Balaban J connectivity index is 0.00000223. The fourth-order valence-electron chi connectivity index (χ4n) is 5.78. The van der Waals surface area contributed by atoms with Crippen LogP contribution >= 0.6 is 0 Å². The first-order valence-electron chi connectivity index (χ1n) is 20.9. The van der Waals surface area contributed by atoms with Gasteiger partial charge in [0.1, 0.15) is 24.4 Å². The molecular weight excluding hydrogens is 893 g/mol. The van der Waals surface area contributed by atoms with Crippen LogP contribution in [0.3, 0.4) is 0 Å². The summed E-state index contributed by atoms with van der Waals surface area (Å²) >= 11 is 0. The molecule has 21 nitrogen and oxygen atoms in total. The molecule has 1 heterocycles. The second kappa shape index (κ2) is 38.0. The van der Waals surface area contributed by atoms with Crippen molar-refractivity contribution >= 4 is 35.2 Å². The van der Waals surface area contributed by atoms with Gasteiger partial charge in [0, 0.05) is 143 Å². The van der Waals surface area contributed by atoms with Crippen molar-refractivity contribution in [3.63, 3.8) is 0 Å². The SMILES string of the molecule is COCC(COCCC[Si](OC)(OC)OC)OC(COCCC[Si](OC)(OC)OC)COCC(COCCC[Si](OC)(OC)OC)OC.CO[Si](O)(CCCOCC1CO1)OC. The predicted octanol–water partition coefficient (Wildman–Crippen LogP) is 2.29. The van der Waals surface area contributed by atoms with E-state index in [-0.39, 0.29) is 18.8 Å². The Hall–Kier alpha value is 0.0275. The van der Waals surface area contributed by atoms with Crippen molar-refractivity contribution in [1.82, 2.24) is 0 Å². The lowest BCUT2D eigenvalue weighted by Gasteiger charge is -2.26. The minimum absolute atomic E-state index is 0.264. The molecular formula is C37H84O21Si4. The van der Waals surface area contributed by atoms with Gasteiger partial charge in [-0.3, -0.25) is 0 Å². The van der Waals surface area contributed by atoms with Gasteiger partial charge < -0.3 is 96.1 Å². The van der Waals surface area contributed by atoms with E-state index in [0.717, 1.165) is 19.4 Å². The van der Waals surface area contributed by atoms with Crippen LogP contribution in [-0.2, 0) is 91.3 Å². The van der Waals surface area contributed by atoms with Crippen LogP contribution in [0.1, 0.15) is 25.7 Å². The van der Waals surface area contributed by atoms with E-state index in [2.05, 4.69) is 0 Å². The molecule has 0 amide bonds. The second-order valence-corrected chi connectivity index (χ2v) is 25.9. The number of epoxide rings is 1. The molecule has 25 heteroatoms. The van der Waals surface area contributed by atoms with Gasteiger partial charge in [-0.15, -0.1) is 0 Å². The highest BCUT2D eigenvalue weighted by Crippen LogP contribution is 2.18. The molecule has 62 heavy (non-hydrogen) atoms. The van der Waals surface area contributed by atoms with Gasteiger partial charge in [-0.2, -0.15) is 0 Å². The molecule has 4 atom stereocenters. The summed E-state index contributed by atoms with van der Waals surface area (Å²) < 4.78 is 111. The van der Waals surface area contributed by atoms with E-state index in [1.807, 2.05) is 0 Å². The molecule has 1 aliphatic heterocycles. The standard InChI is InChI=1S/C29H66O16Si3.C8H18O5Si/c1-30-21-28(24-42-16-13-19-47(35-6,36-7)37-8)45-29(25-43-17-14-20-48(38-9,39-10)40-11)26-44-23-27(31-2)22-41-15-12-18-46(32-3,33-4)34-5;1-10-14(9,11-2)5-3-4-12-6-8-7-13-8/h27-29H,12-26H2,1-11H3;8-9H,3-7H2,1-2H3. The third-order valence-corrected chi connectivity index (χ3v) is 20.6. The summed E-state index contributed by atoms with van der Waals surface area (Å²) in [5, 5.41) is 0. The van der Waals surface area contributed by atoms with Crippen LogP contribution in [0.25, 0.3) is 0 Å². The van der Waals surface area contributed by atoms with Gasteiger partial charge in [0.05, 0.1) is 52.9 Å². The molecule has 1 N–H and O–H groups in total. The Morgan fingerprint density at radius 2 is 0.774 bits per heavy atom. The van der Waals surface area contributed by atoms with Gasteiger partial charge in [0.15, 0.2) is 0 Å². The lowest BCUT2D eigenvalue weighted by molar-refractivity contribution is -0.134. The van der Waals surface area contributed by atoms with E-state index in [0.29, 0.717) is 109 Å². The van der Waals surface area contributed by atoms with Crippen LogP contribution in [0.2, 0.25) is 24.2 Å². The fraction of sp³-hybridized carbons (Fsp3) is 1.00. The van der Waals surface area contributed by atoms with E-state index in [4.69, 9.17) is 91.3 Å². The molecule has 1 aliphatic rings. The van der Waals surface area contributed by atoms with Gasteiger partial charge >= 0.3 is 35.2 Å². The monoisotopic (exact) mass is 976 g/mol. The Kier molecular flexibility index (Phi) is 38.1. The fourth-order valence-corrected chi connectivity index (χ4v) is 12.0. The van der Waals surface area contributed by atoms with E-state index in [1.54, 1.807) is 78.2 Å². The van der Waals surface area contributed by atoms with Crippen molar-refractivity contribution in [2.24, 2.45) is 0 Å². The van der Waals surface area contributed by atoms with Gasteiger partial charge in [-0.1, -0.05) is 0 Å². The maximum absolute atomic E-state index is 9.66. The lowest BCUT2D eigenvalue weighted by atomic mass is 10.3. The molecule has 0 bridgehead atoms. The smallest absolute Gasteiger partial charge is 0.390 e. The number of hydrogen-bond acceptors (Lipinski definition) is 21. The van der Waals surface area contributed by atoms with Crippen molar-refractivity contribution < 1.29 is 96.1 Å². The molecule has 0 aromatic carbocycles. The van der Waals surface area contributed by atoms with Gasteiger partial charge in [-0.25, -0.2) is 0 Å². The first-order chi connectivity index (χ1) is 29.9. The molecule has 374 valence electrons. The Labute approximate surface area is 376 Å². The number of ether oxygens (including phenoxy) is 9. The summed E-state index contributed by atoms with van der Waals surface area (Å²) in [5.41, 5.74) is 0. The summed E-state index contributed by atoms with van der Waals surface area (Å²) in [6.07, 6.45) is 2.17. The second-order valence-electron chi connectivity index (χ2n) is 13.9. The number of rotatable bonds is 44. The summed E-state index contributed by atoms with van der Waals surface area (Å²) in [5.74, 6) is 0. The minimum Gasteiger partial charge on any atom is -0.390 e. The zero-order chi connectivity index (χ0) is 46.6. The Morgan fingerprint density at radius 3 is 1.13 bits per heavy atom. The molecule has 4 unspecified atom stereocenters. The average Bonchev–Trinajstić information content (AvgIpc) is 4.14. The normalized spacial score (nSPS) is 16.3. The van der Waals surface area contributed by atoms with E-state index in [9.17, 15) is 4.80 Å². The molecule has 1 fully saturated rings. The summed E-state index contributed by atoms with van der Waals surface area (Å²) in [7, 11) is 9.73. The van der Waals surface area contributed by atoms with E-state index in [1.165, 1.54) is 14.2 Å². The van der Waals surface area contributed by atoms with Crippen molar-refractivity contribution in [2.45, 2.75) is 74.3 Å². The molecule has 0 aliphatic carbocycles. The molecule has 0 spiro atoms. The molecule has 0 aromatic heterocycles. The lowest BCUT2D eigenvalue weighted by Crippen LogP contribution is -2.43. The largest absolute Gasteiger partial charge is 0.500 e. The highest BCUT2D eigenvalue weighted by Gasteiger charge is 2.39. The van der Waals surface area contributed by atoms with Crippen molar-refractivity contribution in [2.75, 3.05) is 172 Å². The Bertz CT molecular complexity index is 973. The molecule has 0 aromatic rings. The topological polar surface area (TPSA) is 208 Å². The summed E-state index contributed by atoms with van der Waals surface area (Å²) in [6, 6.07) is 2.44. The van der Waals surface area contributed by atoms with Crippen molar-refractivity contribution in [3.8, 4) is 0 Å². The van der Waals surface area contributed by atoms with Crippen LogP contribution < -0.4 is 0 Å². The van der Waals surface area contributed by atoms with Gasteiger partial charge in [0.25, 0.3) is 0 Å². The van der Waals surface area contributed by atoms with Crippen molar-refractivity contribution in [1.29, 1.82) is 0 Å². The number of hydrogen-bond donors (Lipinski definition) is 1. The first-order valence-corrected chi connectivity index (χ1v) is 28.6. The highest BCUT2D eigenvalue weighted by molar-refractivity contribution is 6.61. The first kappa shape index (κ1) is 62.0. The van der Waals surface area contributed by atoms with Crippen LogP contribution in [-0.4, -0.2) is 236 Å². The van der Waals surface area contributed by atoms with Crippen LogP contribution in [0.5, 0.6) is 0 Å². The average molecular weight is 977 g/mol. The molecule has 1 rings (SSSR count). The molecule has 1 saturated heterocycles. The zero-order valence-corrected chi connectivity index (χ0v) is 44.1. The summed E-state index contributed by atoms with van der Waals surface area (Å²) in [4.78, 5) is 9.66. The maximum Gasteiger partial charge on any atom is 0.500 e. The number of methoxy groups -OCH3 is 2. The molecule has 0 saturated carbocycles. The third kappa shape index (κ3) is 27.6. The predicted molar refractivity (Wildman–Crippen MR) is 235 cm³/mol. The highest BCUT2D eigenvalue weighted by atomic mass is 28.4. The van der Waals surface area contributed by atoms with Gasteiger partial charge in [0.2, 0.25) is 0 Å². The molecule has 0 radical (unpaired) electrons. The van der Waals surface area contributed by atoms with Crippen LogP contribution in [0, 0.1) is 0 Å². The van der Waals surface area contributed by atoms with Crippen molar-refractivity contribution in [3.05, 3.63) is 0 Å². The van der Waals surface area contributed by atoms with Crippen LogP contribution in [0.15, 0.2) is 0 Å².